The molecule has 3 rings (SSSR count). The second kappa shape index (κ2) is 13.7. The van der Waals surface area contributed by atoms with Gasteiger partial charge in [0.05, 0.1) is 22.0 Å². The Morgan fingerprint density at radius 2 is 1.74 bits per heavy atom. The Balaban J connectivity index is 1.74. The van der Waals surface area contributed by atoms with E-state index in [1.54, 1.807) is 37.3 Å². The van der Waals surface area contributed by atoms with E-state index >= 15 is 0 Å². The first-order valence-corrected chi connectivity index (χ1v) is 15.6. The Morgan fingerprint density at radius 1 is 1.05 bits per heavy atom. The fourth-order valence-corrected chi connectivity index (χ4v) is 6.16. The average Bonchev–Trinajstić information content (AvgIpc) is 2.87. The number of sulfonamides is 1. The number of carbonyl (C=O) groups is 2. The van der Waals surface area contributed by atoms with E-state index in [4.69, 9.17) is 23.2 Å². The fraction of sp³-hybridized carbons (Fsp3) is 0.500. The van der Waals surface area contributed by atoms with Crippen molar-refractivity contribution in [3.05, 3.63) is 63.6 Å². The van der Waals surface area contributed by atoms with Crippen LogP contribution in [-0.2, 0) is 26.2 Å². The number of aryl methyl sites for hydroxylation is 1. The number of para-hydroxylation sites is 1. The summed E-state index contributed by atoms with van der Waals surface area (Å²) in [6.45, 7) is 3.91. The molecule has 2 amide bonds. The molecule has 1 aliphatic rings. The SMILES string of the molecule is Cc1ccccc1N(CCCC(=O)N(Cc1ccc(Cl)c(Cl)c1)C(C)C(=O)NC1CCCCC1)S(C)(=O)=O. The molecule has 208 valence electrons. The second-order valence-electron chi connectivity index (χ2n) is 10.0. The van der Waals surface area contributed by atoms with Gasteiger partial charge in [-0.3, -0.25) is 13.9 Å². The summed E-state index contributed by atoms with van der Waals surface area (Å²) in [4.78, 5) is 28.2. The highest BCUT2D eigenvalue weighted by Crippen LogP contribution is 2.25. The van der Waals surface area contributed by atoms with Gasteiger partial charge in [-0.05, 0) is 62.4 Å². The fourth-order valence-electron chi connectivity index (χ4n) is 4.81. The van der Waals surface area contributed by atoms with Crippen molar-refractivity contribution in [2.24, 2.45) is 0 Å². The highest BCUT2D eigenvalue weighted by molar-refractivity contribution is 7.92. The van der Waals surface area contributed by atoms with E-state index in [0.717, 1.165) is 43.1 Å². The molecule has 2 aromatic rings. The molecular formula is C28H37Cl2N3O4S. The minimum atomic E-state index is -3.55. The zero-order valence-corrected chi connectivity index (χ0v) is 24.6. The minimum absolute atomic E-state index is 0.0836. The van der Waals surface area contributed by atoms with Gasteiger partial charge in [-0.2, -0.15) is 0 Å². The second-order valence-corrected chi connectivity index (χ2v) is 12.7. The molecule has 0 heterocycles. The van der Waals surface area contributed by atoms with Gasteiger partial charge in [0.25, 0.3) is 0 Å². The normalized spacial score (nSPS) is 15.1. The molecule has 1 aliphatic carbocycles. The predicted octanol–water partition coefficient (Wildman–Crippen LogP) is 5.71. The maximum Gasteiger partial charge on any atom is 0.242 e. The van der Waals surface area contributed by atoms with E-state index in [9.17, 15) is 18.0 Å². The molecule has 10 heteroatoms. The van der Waals surface area contributed by atoms with Gasteiger partial charge in [0.1, 0.15) is 6.04 Å². The molecule has 1 saturated carbocycles. The van der Waals surface area contributed by atoms with Crippen LogP contribution in [0.2, 0.25) is 10.0 Å². The summed E-state index contributed by atoms with van der Waals surface area (Å²) in [5.74, 6) is -0.427. The highest BCUT2D eigenvalue weighted by atomic mass is 35.5. The van der Waals surface area contributed by atoms with Gasteiger partial charge >= 0.3 is 0 Å². The van der Waals surface area contributed by atoms with E-state index in [1.165, 1.54) is 15.6 Å². The maximum atomic E-state index is 13.5. The van der Waals surface area contributed by atoms with Crippen molar-refractivity contribution >= 4 is 50.7 Å². The van der Waals surface area contributed by atoms with E-state index in [-0.39, 0.29) is 37.4 Å². The molecule has 0 saturated heterocycles. The minimum Gasteiger partial charge on any atom is -0.352 e. The maximum absolute atomic E-state index is 13.5. The van der Waals surface area contributed by atoms with Gasteiger partial charge in [-0.25, -0.2) is 8.42 Å². The van der Waals surface area contributed by atoms with Gasteiger partial charge in [0.2, 0.25) is 21.8 Å². The standard InChI is InChI=1S/C28H37Cl2N3O4S/c1-20-10-7-8-13-26(20)33(38(3,36)37)17-9-14-27(34)32(19-22-15-16-24(29)25(30)18-22)21(2)28(35)31-23-11-5-4-6-12-23/h7-8,10,13,15-16,18,21,23H,4-6,9,11-12,14,17,19H2,1-3H3,(H,31,35). The van der Waals surface area contributed by atoms with Crippen LogP contribution in [0.5, 0.6) is 0 Å². The van der Waals surface area contributed by atoms with Crippen LogP contribution in [0.4, 0.5) is 5.69 Å². The molecular weight excluding hydrogens is 545 g/mol. The van der Waals surface area contributed by atoms with E-state index < -0.39 is 16.1 Å². The Labute approximate surface area is 236 Å². The number of carbonyl (C=O) groups excluding carboxylic acids is 2. The van der Waals surface area contributed by atoms with Crippen LogP contribution in [0.3, 0.4) is 0 Å². The van der Waals surface area contributed by atoms with Crippen molar-refractivity contribution in [3.63, 3.8) is 0 Å². The van der Waals surface area contributed by atoms with Crippen molar-refractivity contribution in [2.45, 2.75) is 77.4 Å². The lowest BCUT2D eigenvalue weighted by molar-refractivity contribution is -0.141. The first kappa shape index (κ1) is 30.3. The van der Waals surface area contributed by atoms with Crippen molar-refractivity contribution in [2.75, 3.05) is 17.1 Å². The first-order valence-electron chi connectivity index (χ1n) is 13.0. The summed E-state index contributed by atoms with van der Waals surface area (Å²) in [7, 11) is -3.55. The first-order chi connectivity index (χ1) is 18.0. The lowest BCUT2D eigenvalue weighted by Gasteiger charge is -2.31. The third-order valence-electron chi connectivity index (χ3n) is 6.99. The van der Waals surface area contributed by atoms with E-state index in [1.807, 2.05) is 19.1 Å². The van der Waals surface area contributed by atoms with Gasteiger partial charge in [0, 0.05) is 25.6 Å². The summed E-state index contributed by atoms with van der Waals surface area (Å²) in [5.41, 5.74) is 2.18. The van der Waals surface area contributed by atoms with Crippen LogP contribution in [-0.4, -0.2) is 50.0 Å². The molecule has 1 fully saturated rings. The van der Waals surface area contributed by atoms with Crippen molar-refractivity contribution in [1.29, 1.82) is 0 Å². The van der Waals surface area contributed by atoms with Crippen LogP contribution in [0, 0.1) is 6.92 Å². The summed E-state index contributed by atoms with van der Waals surface area (Å²) >= 11 is 12.3. The Hall–Kier alpha value is -2.29. The number of benzene rings is 2. The lowest BCUT2D eigenvalue weighted by atomic mass is 9.95. The summed E-state index contributed by atoms with van der Waals surface area (Å²) in [6.07, 6.45) is 6.78. The summed E-state index contributed by atoms with van der Waals surface area (Å²) < 4.78 is 26.4. The molecule has 1 N–H and O–H groups in total. The molecule has 0 aromatic heterocycles. The lowest BCUT2D eigenvalue weighted by Crippen LogP contribution is -2.50. The van der Waals surface area contributed by atoms with Gasteiger partial charge < -0.3 is 10.2 Å². The average molecular weight is 583 g/mol. The molecule has 1 atom stereocenters. The third kappa shape index (κ3) is 8.35. The van der Waals surface area contributed by atoms with Crippen LogP contribution >= 0.6 is 23.2 Å². The highest BCUT2D eigenvalue weighted by Gasteiger charge is 2.28. The molecule has 0 radical (unpaired) electrons. The number of nitrogens with one attached hydrogen (secondary N) is 1. The topological polar surface area (TPSA) is 86.8 Å². The zero-order chi connectivity index (χ0) is 27.9. The summed E-state index contributed by atoms with van der Waals surface area (Å²) in [6, 6.07) is 11.8. The third-order valence-corrected chi connectivity index (χ3v) is 8.91. The van der Waals surface area contributed by atoms with Crippen molar-refractivity contribution in [1.82, 2.24) is 10.2 Å². The number of hydrogen-bond acceptors (Lipinski definition) is 4. The predicted molar refractivity (Wildman–Crippen MR) is 154 cm³/mol. The number of hydrogen-bond donors (Lipinski definition) is 1. The Bertz CT molecular complexity index is 1230. The van der Waals surface area contributed by atoms with Crippen LogP contribution < -0.4 is 9.62 Å². The van der Waals surface area contributed by atoms with Gasteiger partial charge in [0.15, 0.2) is 0 Å². The number of rotatable bonds is 11. The number of halogens is 2. The molecule has 0 bridgehead atoms. The quantitative estimate of drug-likeness (QED) is 0.368. The monoisotopic (exact) mass is 581 g/mol. The van der Waals surface area contributed by atoms with Crippen molar-refractivity contribution < 1.29 is 18.0 Å². The smallest absolute Gasteiger partial charge is 0.242 e. The number of nitrogens with zero attached hydrogens (tertiary/aromatic N) is 2. The Kier molecular flexibility index (Phi) is 10.9. The largest absolute Gasteiger partial charge is 0.352 e. The molecule has 7 nitrogen and oxygen atoms in total. The van der Waals surface area contributed by atoms with E-state index in [0.29, 0.717) is 22.2 Å². The van der Waals surface area contributed by atoms with Crippen molar-refractivity contribution in [3.8, 4) is 0 Å². The van der Waals surface area contributed by atoms with Crippen LogP contribution in [0.1, 0.15) is 63.0 Å². The molecule has 0 aliphatic heterocycles. The molecule has 0 spiro atoms. The van der Waals surface area contributed by atoms with Gasteiger partial charge in [-0.15, -0.1) is 0 Å². The van der Waals surface area contributed by atoms with Crippen LogP contribution in [0.15, 0.2) is 42.5 Å². The zero-order valence-electron chi connectivity index (χ0n) is 22.3. The molecule has 1 unspecified atom stereocenters. The number of anilines is 1. The summed E-state index contributed by atoms with van der Waals surface area (Å²) in [5, 5.41) is 3.90. The van der Waals surface area contributed by atoms with Crippen LogP contribution in [0.25, 0.3) is 0 Å². The molecule has 38 heavy (non-hydrogen) atoms. The van der Waals surface area contributed by atoms with Gasteiger partial charge in [-0.1, -0.05) is 66.7 Å². The Morgan fingerprint density at radius 3 is 2.37 bits per heavy atom. The molecule has 2 aromatic carbocycles. The number of amides is 2. The van der Waals surface area contributed by atoms with E-state index in [2.05, 4.69) is 5.32 Å².